The lowest BCUT2D eigenvalue weighted by atomic mass is 10.2. The molecule has 1 saturated heterocycles. The molecule has 17 heavy (non-hydrogen) atoms. The summed E-state index contributed by atoms with van der Waals surface area (Å²) in [7, 11) is 0. The van der Waals surface area contributed by atoms with Crippen molar-refractivity contribution in [1.82, 2.24) is 5.06 Å². The van der Waals surface area contributed by atoms with Crippen molar-refractivity contribution in [1.29, 1.82) is 0 Å². The number of carbonyl (C=O) groups is 1. The lowest BCUT2D eigenvalue weighted by Crippen LogP contribution is -2.28. The molecule has 0 unspecified atom stereocenters. The van der Waals surface area contributed by atoms with Gasteiger partial charge in [-0.2, -0.15) is 0 Å². The molecule has 2 rings (SSSR count). The van der Waals surface area contributed by atoms with Crippen molar-refractivity contribution in [2.24, 2.45) is 0 Å². The van der Waals surface area contributed by atoms with E-state index in [0.717, 1.165) is 5.75 Å². The van der Waals surface area contributed by atoms with Crippen LogP contribution in [0.5, 0.6) is 5.75 Å². The number of hydroxylamine groups is 2. The van der Waals surface area contributed by atoms with Crippen LogP contribution in [0.1, 0.15) is 17.3 Å². The van der Waals surface area contributed by atoms with E-state index in [4.69, 9.17) is 9.57 Å². The Morgan fingerprint density at radius 3 is 2.76 bits per heavy atom. The van der Waals surface area contributed by atoms with Gasteiger partial charge in [-0.3, -0.25) is 9.63 Å². The number of amides is 1. The fraction of sp³-hybridized carbons (Fsp3) is 0.417. The second-order valence-electron chi connectivity index (χ2n) is 3.77. The van der Waals surface area contributed by atoms with Crippen LogP contribution in [0.4, 0.5) is 0 Å². The van der Waals surface area contributed by atoms with Gasteiger partial charge in [0.15, 0.2) is 0 Å². The SMILES string of the molecule is CCOc1ccc(C(=O)N2C[C@H](O)CO2)cc1. The van der Waals surface area contributed by atoms with Crippen LogP contribution in [0.15, 0.2) is 24.3 Å². The molecule has 0 bridgehead atoms. The van der Waals surface area contributed by atoms with E-state index in [1.54, 1.807) is 24.3 Å². The summed E-state index contributed by atoms with van der Waals surface area (Å²) in [5.41, 5.74) is 0.516. The number of aliphatic hydroxyl groups is 1. The Kier molecular flexibility index (Phi) is 3.61. The summed E-state index contributed by atoms with van der Waals surface area (Å²) in [5, 5.41) is 10.5. The Labute approximate surface area is 99.5 Å². The van der Waals surface area contributed by atoms with E-state index in [0.29, 0.717) is 12.2 Å². The fourth-order valence-electron chi connectivity index (χ4n) is 1.62. The average molecular weight is 237 g/mol. The van der Waals surface area contributed by atoms with Crippen LogP contribution in [-0.2, 0) is 4.84 Å². The molecule has 1 amide bonds. The van der Waals surface area contributed by atoms with Crippen LogP contribution < -0.4 is 4.74 Å². The number of nitrogens with zero attached hydrogens (tertiary/aromatic N) is 1. The third kappa shape index (κ3) is 2.75. The number of carbonyl (C=O) groups excluding carboxylic acids is 1. The zero-order valence-corrected chi connectivity index (χ0v) is 9.63. The minimum atomic E-state index is -0.596. The number of β-amino-alcohol motifs (C(OH)–C–C–N with tert-alkyl or cyclic N) is 1. The first-order valence-electron chi connectivity index (χ1n) is 5.56. The first kappa shape index (κ1) is 11.9. The first-order chi connectivity index (χ1) is 8.20. The second kappa shape index (κ2) is 5.16. The molecule has 0 spiro atoms. The van der Waals surface area contributed by atoms with Crippen molar-refractivity contribution in [2.75, 3.05) is 19.8 Å². The van der Waals surface area contributed by atoms with Gasteiger partial charge in [-0.05, 0) is 31.2 Å². The van der Waals surface area contributed by atoms with Crippen molar-refractivity contribution in [2.45, 2.75) is 13.0 Å². The Balaban J connectivity index is 2.04. The summed E-state index contributed by atoms with van der Waals surface area (Å²) in [6.45, 7) is 2.88. The zero-order chi connectivity index (χ0) is 12.3. The third-order valence-electron chi connectivity index (χ3n) is 2.44. The summed E-state index contributed by atoms with van der Waals surface area (Å²) < 4.78 is 5.29. The predicted octanol–water partition coefficient (Wildman–Crippen LogP) is 0.834. The maximum absolute atomic E-state index is 11.9. The van der Waals surface area contributed by atoms with E-state index >= 15 is 0 Å². The number of hydrogen-bond acceptors (Lipinski definition) is 4. The molecular formula is C12H15NO4. The average Bonchev–Trinajstić information content (AvgIpc) is 2.76. The number of ether oxygens (including phenoxy) is 1. The van der Waals surface area contributed by atoms with Gasteiger partial charge in [0, 0.05) is 5.56 Å². The van der Waals surface area contributed by atoms with Crippen LogP contribution in [-0.4, -0.2) is 41.9 Å². The van der Waals surface area contributed by atoms with Crippen LogP contribution in [0, 0.1) is 0 Å². The molecular weight excluding hydrogens is 222 g/mol. The van der Waals surface area contributed by atoms with Crippen LogP contribution in [0.25, 0.3) is 0 Å². The standard InChI is InChI=1S/C12H15NO4/c1-2-16-11-5-3-9(4-6-11)12(15)13-7-10(14)8-17-13/h3-6,10,14H,2,7-8H2,1H3/t10-/m0/s1. The lowest BCUT2D eigenvalue weighted by Gasteiger charge is -2.13. The van der Waals surface area contributed by atoms with Crippen LogP contribution >= 0.6 is 0 Å². The third-order valence-corrected chi connectivity index (χ3v) is 2.44. The van der Waals surface area contributed by atoms with E-state index in [1.165, 1.54) is 5.06 Å². The molecule has 1 aliphatic heterocycles. The predicted molar refractivity (Wildman–Crippen MR) is 60.6 cm³/mol. The van der Waals surface area contributed by atoms with Gasteiger partial charge in [0.1, 0.15) is 18.5 Å². The van der Waals surface area contributed by atoms with E-state index < -0.39 is 6.10 Å². The van der Waals surface area contributed by atoms with Crippen molar-refractivity contribution < 1.29 is 19.5 Å². The molecule has 5 nitrogen and oxygen atoms in total. The topological polar surface area (TPSA) is 59.0 Å². The minimum Gasteiger partial charge on any atom is -0.494 e. The molecule has 0 saturated carbocycles. The quantitative estimate of drug-likeness (QED) is 0.846. The first-order valence-corrected chi connectivity index (χ1v) is 5.56. The Hall–Kier alpha value is -1.59. The van der Waals surface area contributed by atoms with Gasteiger partial charge in [0.2, 0.25) is 0 Å². The minimum absolute atomic E-state index is 0.169. The highest BCUT2D eigenvalue weighted by Crippen LogP contribution is 2.16. The Bertz CT molecular complexity index is 390. The summed E-state index contributed by atoms with van der Waals surface area (Å²) >= 11 is 0. The largest absolute Gasteiger partial charge is 0.494 e. The van der Waals surface area contributed by atoms with Gasteiger partial charge in [0.05, 0.1) is 13.2 Å². The number of benzene rings is 1. The maximum atomic E-state index is 11.9. The highest BCUT2D eigenvalue weighted by Gasteiger charge is 2.26. The number of aliphatic hydroxyl groups excluding tert-OH is 1. The monoisotopic (exact) mass is 237 g/mol. The van der Waals surface area contributed by atoms with Crippen molar-refractivity contribution in [3.8, 4) is 5.75 Å². The molecule has 92 valence electrons. The molecule has 1 fully saturated rings. The summed E-state index contributed by atoms with van der Waals surface area (Å²) in [6.07, 6.45) is -0.596. The molecule has 1 aromatic rings. The van der Waals surface area contributed by atoms with E-state index in [-0.39, 0.29) is 19.1 Å². The number of hydrogen-bond donors (Lipinski definition) is 1. The van der Waals surface area contributed by atoms with Gasteiger partial charge < -0.3 is 9.84 Å². The molecule has 0 aromatic heterocycles. The van der Waals surface area contributed by atoms with Gasteiger partial charge in [-0.1, -0.05) is 0 Å². The highest BCUT2D eigenvalue weighted by atomic mass is 16.7. The Morgan fingerprint density at radius 2 is 2.24 bits per heavy atom. The van der Waals surface area contributed by atoms with Crippen molar-refractivity contribution in [3.05, 3.63) is 29.8 Å². The van der Waals surface area contributed by atoms with Gasteiger partial charge in [-0.15, -0.1) is 0 Å². The second-order valence-corrected chi connectivity index (χ2v) is 3.77. The van der Waals surface area contributed by atoms with Crippen LogP contribution in [0.3, 0.4) is 0 Å². The fourth-order valence-corrected chi connectivity index (χ4v) is 1.62. The van der Waals surface area contributed by atoms with Gasteiger partial charge >= 0.3 is 0 Å². The highest BCUT2D eigenvalue weighted by molar-refractivity contribution is 5.93. The van der Waals surface area contributed by atoms with Gasteiger partial charge in [-0.25, -0.2) is 5.06 Å². The van der Waals surface area contributed by atoms with E-state index in [2.05, 4.69) is 0 Å². The van der Waals surface area contributed by atoms with Crippen molar-refractivity contribution >= 4 is 5.91 Å². The summed E-state index contributed by atoms with van der Waals surface area (Å²) in [6, 6.07) is 6.84. The summed E-state index contributed by atoms with van der Waals surface area (Å²) in [5.74, 6) is 0.482. The molecule has 0 aliphatic carbocycles. The normalized spacial score (nSPS) is 19.4. The molecule has 1 heterocycles. The lowest BCUT2D eigenvalue weighted by molar-refractivity contribution is -0.0779. The molecule has 5 heteroatoms. The molecule has 1 N–H and O–H groups in total. The molecule has 1 atom stereocenters. The summed E-state index contributed by atoms with van der Waals surface area (Å²) in [4.78, 5) is 17.0. The molecule has 1 aromatic carbocycles. The molecule has 0 radical (unpaired) electrons. The smallest absolute Gasteiger partial charge is 0.277 e. The van der Waals surface area contributed by atoms with Gasteiger partial charge in [0.25, 0.3) is 5.91 Å². The Morgan fingerprint density at radius 1 is 1.53 bits per heavy atom. The molecule has 1 aliphatic rings. The number of rotatable bonds is 3. The van der Waals surface area contributed by atoms with E-state index in [9.17, 15) is 9.90 Å². The maximum Gasteiger partial charge on any atom is 0.277 e. The van der Waals surface area contributed by atoms with E-state index in [1.807, 2.05) is 6.92 Å². The van der Waals surface area contributed by atoms with Crippen LogP contribution in [0.2, 0.25) is 0 Å². The zero-order valence-electron chi connectivity index (χ0n) is 9.63. The van der Waals surface area contributed by atoms with Crippen molar-refractivity contribution in [3.63, 3.8) is 0 Å².